The van der Waals surface area contributed by atoms with Crippen LogP contribution < -0.4 is 16.0 Å². The average Bonchev–Trinajstić information content (AvgIpc) is 2.91. The van der Waals surface area contributed by atoms with Crippen molar-refractivity contribution in [1.82, 2.24) is 0 Å². The summed E-state index contributed by atoms with van der Waals surface area (Å²) in [6.07, 6.45) is 8.01. The van der Waals surface area contributed by atoms with Gasteiger partial charge in [-0.15, -0.1) is 0 Å². The number of unbranched alkanes of at least 4 members (excludes halogenated alkanes) is 6. The SMILES string of the molecule is CCCCCCOCC(O)CNc1ccc(Nc2ccccc2)cc1NCC(O)COCCCCCC. The molecule has 37 heavy (non-hydrogen) atoms. The van der Waals surface area contributed by atoms with Gasteiger partial charge in [0.25, 0.3) is 0 Å². The molecule has 0 radical (unpaired) electrons. The van der Waals surface area contributed by atoms with Gasteiger partial charge in [0.15, 0.2) is 0 Å². The number of ether oxygens (including phenoxy) is 2. The molecule has 0 amide bonds. The predicted octanol–water partition coefficient (Wildman–Crippen LogP) is 6.17. The minimum atomic E-state index is -0.614. The van der Waals surface area contributed by atoms with Gasteiger partial charge in [0.05, 0.1) is 36.8 Å². The maximum atomic E-state index is 10.4. The zero-order valence-electron chi connectivity index (χ0n) is 22.9. The summed E-state index contributed by atoms with van der Waals surface area (Å²) >= 11 is 0. The summed E-state index contributed by atoms with van der Waals surface area (Å²) in [4.78, 5) is 0. The normalized spacial score (nSPS) is 12.8. The molecule has 0 aliphatic carbocycles. The van der Waals surface area contributed by atoms with Crippen molar-refractivity contribution in [3.05, 3.63) is 48.5 Å². The Balaban J connectivity index is 1.88. The van der Waals surface area contributed by atoms with Gasteiger partial charge in [-0.2, -0.15) is 0 Å². The maximum absolute atomic E-state index is 10.4. The van der Waals surface area contributed by atoms with Crippen LogP contribution in [0.4, 0.5) is 22.7 Å². The number of rotatable bonds is 22. The Bertz CT molecular complexity index is 822. The highest BCUT2D eigenvalue weighted by molar-refractivity contribution is 5.76. The second-order valence-corrected chi connectivity index (χ2v) is 9.59. The molecule has 0 aliphatic rings. The average molecular weight is 516 g/mol. The molecule has 7 heteroatoms. The van der Waals surface area contributed by atoms with Crippen LogP contribution in [0.1, 0.15) is 65.2 Å². The number of anilines is 4. The number of nitrogens with one attached hydrogen (secondary N) is 3. The van der Waals surface area contributed by atoms with E-state index < -0.39 is 12.2 Å². The molecule has 0 saturated heterocycles. The topological polar surface area (TPSA) is 95.0 Å². The molecule has 0 aromatic heterocycles. The van der Waals surface area contributed by atoms with Crippen molar-refractivity contribution in [2.75, 3.05) is 55.5 Å². The minimum Gasteiger partial charge on any atom is -0.389 e. The summed E-state index contributed by atoms with van der Waals surface area (Å²) in [5, 5.41) is 30.9. The third kappa shape index (κ3) is 14.3. The second-order valence-electron chi connectivity index (χ2n) is 9.59. The molecule has 0 bridgehead atoms. The summed E-state index contributed by atoms with van der Waals surface area (Å²) in [6.45, 7) is 7.09. The molecule has 0 heterocycles. The van der Waals surface area contributed by atoms with Gasteiger partial charge in [-0.05, 0) is 43.2 Å². The highest BCUT2D eigenvalue weighted by atomic mass is 16.5. The quantitative estimate of drug-likeness (QED) is 0.120. The maximum Gasteiger partial charge on any atom is 0.0945 e. The lowest BCUT2D eigenvalue weighted by atomic mass is 10.2. The standard InChI is InChI=1S/C30H49N3O4/c1-3-5-7-12-18-36-23-27(34)21-31-29-17-16-26(33-25-14-10-9-11-15-25)20-30(29)32-22-28(35)24-37-19-13-8-6-4-2/h9-11,14-17,20,27-28,31-35H,3-8,12-13,18-19,21-24H2,1-2H3. The van der Waals surface area contributed by atoms with E-state index in [0.717, 1.165) is 42.0 Å². The van der Waals surface area contributed by atoms with Crippen molar-refractivity contribution >= 4 is 22.7 Å². The molecule has 5 N–H and O–H groups in total. The lowest BCUT2D eigenvalue weighted by molar-refractivity contribution is 0.0414. The Morgan fingerprint density at radius 2 is 1.22 bits per heavy atom. The fraction of sp³-hybridized carbons (Fsp3) is 0.600. The zero-order valence-corrected chi connectivity index (χ0v) is 22.9. The van der Waals surface area contributed by atoms with E-state index in [4.69, 9.17) is 9.47 Å². The molecule has 2 aromatic rings. The van der Waals surface area contributed by atoms with Crippen molar-refractivity contribution in [3.8, 4) is 0 Å². The van der Waals surface area contributed by atoms with Crippen molar-refractivity contribution in [2.24, 2.45) is 0 Å². The lowest BCUT2D eigenvalue weighted by Gasteiger charge is -2.20. The third-order valence-electron chi connectivity index (χ3n) is 6.04. The van der Waals surface area contributed by atoms with E-state index in [1.807, 2.05) is 48.5 Å². The Morgan fingerprint density at radius 1 is 0.649 bits per heavy atom. The van der Waals surface area contributed by atoms with Crippen LogP contribution in [0.3, 0.4) is 0 Å². The van der Waals surface area contributed by atoms with Crippen LogP contribution in [0, 0.1) is 0 Å². The van der Waals surface area contributed by atoms with Crippen LogP contribution >= 0.6 is 0 Å². The number of benzene rings is 2. The van der Waals surface area contributed by atoms with E-state index >= 15 is 0 Å². The second kappa shape index (κ2) is 19.7. The first-order valence-electron chi connectivity index (χ1n) is 14.1. The van der Waals surface area contributed by atoms with E-state index in [2.05, 4.69) is 29.8 Å². The molecule has 0 fully saturated rings. The first-order valence-corrected chi connectivity index (χ1v) is 14.1. The van der Waals surface area contributed by atoms with Gasteiger partial charge in [-0.1, -0.05) is 70.6 Å². The molecule has 2 unspecified atom stereocenters. The number of hydrogen-bond donors (Lipinski definition) is 5. The summed E-state index contributed by atoms with van der Waals surface area (Å²) in [6, 6.07) is 16.0. The molecule has 0 saturated carbocycles. The summed E-state index contributed by atoms with van der Waals surface area (Å²) in [5.41, 5.74) is 3.62. The molecule has 7 nitrogen and oxygen atoms in total. The van der Waals surface area contributed by atoms with Crippen LogP contribution in [0.15, 0.2) is 48.5 Å². The Labute approximate surface area is 224 Å². The molecule has 2 aromatic carbocycles. The highest BCUT2D eigenvalue weighted by Crippen LogP contribution is 2.28. The minimum absolute atomic E-state index is 0.304. The first-order chi connectivity index (χ1) is 18.1. The summed E-state index contributed by atoms with van der Waals surface area (Å²) < 4.78 is 11.3. The smallest absolute Gasteiger partial charge is 0.0945 e. The molecule has 0 aliphatic heterocycles. The van der Waals surface area contributed by atoms with Crippen LogP contribution in [0.2, 0.25) is 0 Å². The van der Waals surface area contributed by atoms with Gasteiger partial charge in [-0.3, -0.25) is 0 Å². The number of aliphatic hydroxyl groups is 2. The van der Waals surface area contributed by atoms with Crippen molar-refractivity contribution in [1.29, 1.82) is 0 Å². The van der Waals surface area contributed by atoms with E-state index in [0.29, 0.717) is 39.5 Å². The molecular formula is C30H49N3O4. The van der Waals surface area contributed by atoms with Crippen LogP contribution in [0.5, 0.6) is 0 Å². The zero-order chi connectivity index (χ0) is 26.6. The number of aliphatic hydroxyl groups excluding tert-OH is 2. The first kappa shape index (κ1) is 30.9. The van der Waals surface area contributed by atoms with Gasteiger partial charge in [0.2, 0.25) is 0 Å². The van der Waals surface area contributed by atoms with Gasteiger partial charge >= 0.3 is 0 Å². The van der Waals surface area contributed by atoms with Crippen molar-refractivity contribution in [3.63, 3.8) is 0 Å². The van der Waals surface area contributed by atoms with Crippen molar-refractivity contribution < 1.29 is 19.7 Å². The molecule has 208 valence electrons. The van der Waals surface area contributed by atoms with Gasteiger partial charge < -0.3 is 35.6 Å². The molecular weight excluding hydrogens is 466 g/mol. The molecule has 2 rings (SSSR count). The molecule has 0 spiro atoms. The van der Waals surface area contributed by atoms with Crippen LogP contribution in [-0.4, -0.2) is 61.9 Å². The summed E-state index contributed by atoms with van der Waals surface area (Å²) in [5.74, 6) is 0. The van der Waals surface area contributed by atoms with E-state index in [9.17, 15) is 10.2 Å². The monoisotopic (exact) mass is 515 g/mol. The third-order valence-corrected chi connectivity index (χ3v) is 6.04. The van der Waals surface area contributed by atoms with E-state index in [1.54, 1.807) is 0 Å². The van der Waals surface area contributed by atoms with Crippen LogP contribution in [0.25, 0.3) is 0 Å². The lowest BCUT2D eigenvalue weighted by Crippen LogP contribution is -2.27. The van der Waals surface area contributed by atoms with E-state index in [1.165, 1.54) is 32.1 Å². The Kier molecular flexibility index (Phi) is 16.5. The number of para-hydroxylation sites is 1. The Morgan fingerprint density at radius 3 is 1.78 bits per heavy atom. The van der Waals surface area contributed by atoms with Gasteiger partial charge in [0, 0.05) is 37.7 Å². The van der Waals surface area contributed by atoms with Crippen molar-refractivity contribution in [2.45, 2.75) is 77.4 Å². The largest absolute Gasteiger partial charge is 0.389 e. The van der Waals surface area contributed by atoms with Gasteiger partial charge in [-0.25, -0.2) is 0 Å². The summed E-state index contributed by atoms with van der Waals surface area (Å²) in [7, 11) is 0. The molecule has 2 atom stereocenters. The highest BCUT2D eigenvalue weighted by Gasteiger charge is 2.11. The van der Waals surface area contributed by atoms with E-state index in [-0.39, 0.29) is 0 Å². The predicted molar refractivity (Wildman–Crippen MR) is 155 cm³/mol. The fourth-order valence-corrected chi connectivity index (χ4v) is 3.88. The fourth-order valence-electron chi connectivity index (χ4n) is 3.88. The van der Waals surface area contributed by atoms with Crippen LogP contribution in [-0.2, 0) is 9.47 Å². The number of hydrogen-bond acceptors (Lipinski definition) is 7. The Hall–Kier alpha value is -2.32. The van der Waals surface area contributed by atoms with Gasteiger partial charge in [0.1, 0.15) is 0 Å².